The van der Waals surface area contributed by atoms with Crippen LogP contribution in [0.4, 0.5) is 34.1 Å². The second-order valence-corrected chi connectivity index (χ2v) is 20.0. The van der Waals surface area contributed by atoms with Crippen molar-refractivity contribution < 1.29 is 0 Å². The summed E-state index contributed by atoms with van der Waals surface area (Å²) in [7, 11) is 0. The van der Waals surface area contributed by atoms with Crippen LogP contribution in [0.1, 0.15) is 83.2 Å². The molecule has 0 saturated carbocycles. The quantitative estimate of drug-likeness (QED) is 0.165. The Labute approximate surface area is 356 Å². The van der Waals surface area contributed by atoms with Crippen molar-refractivity contribution in [3.8, 4) is 16.9 Å². The first-order valence-electron chi connectivity index (χ1n) is 21.6. The highest BCUT2D eigenvalue weighted by atomic mass is 15.2. The van der Waals surface area contributed by atoms with Gasteiger partial charge in [0.2, 0.25) is 0 Å². The zero-order valence-corrected chi connectivity index (χ0v) is 36.4. The summed E-state index contributed by atoms with van der Waals surface area (Å²) in [4.78, 5) is 4.98. The maximum absolute atomic E-state index is 2.67. The molecule has 0 saturated heterocycles. The minimum absolute atomic E-state index is 0.00610. The Balaban J connectivity index is 1.19. The summed E-state index contributed by atoms with van der Waals surface area (Å²) < 4.78 is 2.67. The molecule has 60 heavy (non-hydrogen) atoms. The lowest BCUT2D eigenvalue weighted by molar-refractivity contribution is 0.590. The summed E-state index contributed by atoms with van der Waals surface area (Å²) in [5.41, 5.74) is 23.2. The molecule has 3 heterocycles. The average molecular weight is 778 g/mol. The number of benzene rings is 7. The van der Waals surface area contributed by atoms with Gasteiger partial charge in [-0.15, -0.1) is 0 Å². The Morgan fingerprint density at radius 2 is 1.20 bits per heavy atom. The van der Waals surface area contributed by atoms with Gasteiger partial charge in [0.15, 0.2) is 0 Å². The van der Waals surface area contributed by atoms with Gasteiger partial charge in [0, 0.05) is 61.7 Å². The van der Waals surface area contributed by atoms with Crippen LogP contribution < -0.4 is 26.2 Å². The molecular weight excluding hydrogens is 725 g/mol. The molecule has 1 aromatic heterocycles. The lowest BCUT2D eigenvalue weighted by Crippen LogP contribution is -2.60. The van der Waals surface area contributed by atoms with Crippen LogP contribution in [0.2, 0.25) is 0 Å². The van der Waals surface area contributed by atoms with Gasteiger partial charge in [0.1, 0.15) is 0 Å². The van der Waals surface area contributed by atoms with Crippen LogP contribution in [0.25, 0.3) is 27.8 Å². The van der Waals surface area contributed by atoms with Gasteiger partial charge in [-0.3, -0.25) is 0 Å². The van der Waals surface area contributed by atoms with Crippen LogP contribution >= 0.6 is 0 Å². The zero-order valence-electron chi connectivity index (χ0n) is 36.4. The summed E-state index contributed by atoms with van der Waals surface area (Å²) in [6, 6.07) is 57.4. The summed E-state index contributed by atoms with van der Waals surface area (Å²) in [6.45, 7) is 21.2. The van der Waals surface area contributed by atoms with E-state index >= 15 is 0 Å². The molecular formula is C56H52BN3. The van der Waals surface area contributed by atoms with Gasteiger partial charge in [-0.25, -0.2) is 0 Å². The van der Waals surface area contributed by atoms with Crippen molar-refractivity contribution in [1.82, 2.24) is 4.57 Å². The first-order valence-corrected chi connectivity index (χ1v) is 21.6. The molecule has 0 N–H and O–H groups in total. The second kappa shape index (κ2) is 12.6. The van der Waals surface area contributed by atoms with Crippen molar-refractivity contribution >= 4 is 68.1 Å². The van der Waals surface area contributed by atoms with E-state index in [4.69, 9.17) is 0 Å². The van der Waals surface area contributed by atoms with Crippen LogP contribution in [-0.2, 0) is 16.2 Å². The van der Waals surface area contributed by atoms with Gasteiger partial charge in [-0.2, -0.15) is 0 Å². The molecule has 3 nitrogen and oxygen atoms in total. The Kier molecular flexibility index (Phi) is 7.75. The van der Waals surface area contributed by atoms with Gasteiger partial charge >= 0.3 is 0 Å². The Morgan fingerprint density at radius 1 is 0.550 bits per heavy atom. The Bertz CT molecular complexity index is 3010. The van der Waals surface area contributed by atoms with Crippen molar-refractivity contribution in [2.45, 2.75) is 78.6 Å². The third kappa shape index (κ3) is 5.22. The minimum Gasteiger partial charge on any atom is -0.311 e. The SMILES string of the molecule is Cc1cc2c3c(c1)-n1c4c(c5cccc(c51)B3c1ccc(C(C)(C)C)cc1N2c1cccc(C(C)(C)C)c1)C(C)(C)c1cc(N(c2ccccc2)c2ccccc2)ccc1-4. The molecule has 4 heteroatoms. The van der Waals surface area contributed by atoms with Crippen molar-refractivity contribution in [2.24, 2.45) is 0 Å². The van der Waals surface area contributed by atoms with E-state index in [0.717, 1.165) is 11.4 Å². The lowest BCUT2D eigenvalue weighted by atomic mass is 9.33. The Morgan fingerprint density at radius 3 is 1.88 bits per heavy atom. The molecule has 0 amide bonds. The van der Waals surface area contributed by atoms with E-state index in [2.05, 4.69) is 228 Å². The fraction of sp³-hybridized carbons (Fsp3) is 0.214. The van der Waals surface area contributed by atoms with Crippen molar-refractivity contribution in [3.05, 3.63) is 179 Å². The molecule has 0 atom stereocenters. The molecule has 3 aliphatic rings. The van der Waals surface area contributed by atoms with Gasteiger partial charge < -0.3 is 14.4 Å². The highest BCUT2D eigenvalue weighted by molar-refractivity contribution is 7.00. The predicted molar refractivity (Wildman–Crippen MR) is 257 cm³/mol. The first kappa shape index (κ1) is 36.8. The smallest absolute Gasteiger partial charge is 0.252 e. The number of para-hydroxylation sites is 3. The summed E-state index contributed by atoms with van der Waals surface area (Å²) in [6.07, 6.45) is 0. The van der Waals surface area contributed by atoms with Gasteiger partial charge in [0.05, 0.1) is 5.69 Å². The van der Waals surface area contributed by atoms with Gasteiger partial charge in [0.25, 0.3) is 6.71 Å². The number of hydrogen-bond acceptors (Lipinski definition) is 2. The largest absolute Gasteiger partial charge is 0.311 e. The van der Waals surface area contributed by atoms with Crippen molar-refractivity contribution in [3.63, 3.8) is 0 Å². The van der Waals surface area contributed by atoms with Crippen LogP contribution in [0, 0.1) is 6.92 Å². The number of anilines is 6. The first-order chi connectivity index (χ1) is 28.7. The minimum atomic E-state index is -0.242. The maximum atomic E-state index is 2.67. The third-order valence-corrected chi connectivity index (χ3v) is 13.6. The fourth-order valence-corrected chi connectivity index (χ4v) is 10.7. The summed E-state index contributed by atoms with van der Waals surface area (Å²) >= 11 is 0. The maximum Gasteiger partial charge on any atom is 0.252 e. The fourth-order valence-electron chi connectivity index (χ4n) is 10.7. The van der Waals surface area contributed by atoms with Crippen molar-refractivity contribution in [1.29, 1.82) is 0 Å². The van der Waals surface area contributed by atoms with Gasteiger partial charge in [-0.1, -0.05) is 140 Å². The third-order valence-electron chi connectivity index (χ3n) is 13.6. The topological polar surface area (TPSA) is 11.4 Å². The number of aromatic nitrogens is 1. The number of rotatable bonds is 4. The molecule has 8 aromatic rings. The van der Waals surface area contributed by atoms with E-state index in [0.29, 0.717) is 0 Å². The Hall–Kier alpha value is -6.26. The normalized spacial score (nSPS) is 14.5. The highest BCUT2D eigenvalue weighted by Gasteiger charge is 2.47. The molecule has 0 bridgehead atoms. The van der Waals surface area contributed by atoms with Crippen LogP contribution in [0.15, 0.2) is 152 Å². The van der Waals surface area contributed by atoms with E-state index in [1.165, 1.54) is 94.8 Å². The molecule has 7 aromatic carbocycles. The molecule has 1 aliphatic carbocycles. The van der Waals surface area contributed by atoms with E-state index in [1.807, 2.05) is 0 Å². The molecule has 0 radical (unpaired) electrons. The lowest BCUT2D eigenvalue weighted by Gasteiger charge is -2.41. The molecule has 294 valence electrons. The van der Waals surface area contributed by atoms with E-state index in [-0.39, 0.29) is 23.0 Å². The highest BCUT2D eigenvalue weighted by Crippen LogP contribution is 2.56. The van der Waals surface area contributed by atoms with E-state index < -0.39 is 0 Å². The van der Waals surface area contributed by atoms with Crippen LogP contribution in [0.5, 0.6) is 0 Å². The van der Waals surface area contributed by atoms with Gasteiger partial charge in [-0.05, 0) is 129 Å². The summed E-state index contributed by atoms with van der Waals surface area (Å²) in [5.74, 6) is 0. The summed E-state index contributed by atoms with van der Waals surface area (Å²) in [5, 5.41) is 1.36. The zero-order chi connectivity index (χ0) is 41.5. The van der Waals surface area contributed by atoms with E-state index in [9.17, 15) is 0 Å². The van der Waals surface area contributed by atoms with E-state index in [1.54, 1.807) is 0 Å². The molecule has 0 fully saturated rings. The second-order valence-electron chi connectivity index (χ2n) is 20.0. The molecule has 0 unspecified atom stereocenters. The number of fused-ring (bicyclic) bond motifs is 9. The number of nitrogens with zero attached hydrogens (tertiary/aromatic N) is 3. The number of aryl methyl sites for hydroxylation is 1. The number of hydrogen-bond donors (Lipinski definition) is 0. The standard InChI is InChI=1S/C56H52BN3/c1-35-30-48-51-49(31-35)60-52-43(50-53(60)42-28-27-41(34-44(42)56(50,8)9)58(38-19-12-10-13-20-38)39-21-14-11-15-22-39)24-17-25-46(52)57(51)45-29-26-37(55(5,6)7)33-47(45)59(48)40-23-16-18-36(32-40)54(2,3)4/h10-34H,1-9H3. The monoisotopic (exact) mass is 777 g/mol. The van der Waals surface area contributed by atoms with Crippen LogP contribution in [-0.4, -0.2) is 11.3 Å². The van der Waals surface area contributed by atoms with Crippen LogP contribution in [0.3, 0.4) is 0 Å². The molecule has 0 spiro atoms. The predicted octanol–water partition coefficient (Wildman–Crippen LogP) is 12.9. The average Bonchev–Trinajstić information content (AvgIpc) is 3.70. The molecule has 2 aliphatic heterocycles. The van der Waals surface area contributed by atoms with Crippen molar-refractivity contribution in [2.75, 3.05) is 9.80 Å². The molecule has 11 rings (SSSR count).